The summed E-state index contributed by atoms with van der Waals surface area (Å²) in [6, 6.07) is 17.2. The van der Waals surface area contributed by atoms with E-state index in [1.807, 2.05) is 61.5 Å². The molecule has 0 unspecified atom stereocenters. The zero-order chi connectivity index (χ0) is 20.8. The number of nitrogens with zero attached hydrogens (tertiary/aromatic N) is 4. The molecule has 0 fully saturated rings. The van der Waals surface area contributed by atoms with Crippen LogP contribution >= 0.6 is 11.8 Å². The summed E-state index contributed by atoms with van der Waals surface area (Å²) < 4.78 is 10.9. The molecule has 0 spiro atoms. The van der Waals surface area contributed by atoms with Gasteiger partial charge in [-0.3, -0.25) is 4.79 Å². The van der Waals surface area contributed by atoms with Gasteiger partial charge in [-0.2, -0.15) is 4.98 Å². The SMILES string of the molecule is Cc1ccc(-c2nnc(SCc3noc(CCC(=O)Nc4ccccc4)n3)o2)cc1. The Morgan fingerprint density at radius 3 is 2.67 bits per heavy atom. The number of amides is 1. The molecule has 1 amide bonds. The zero-order valence-corrected chi connectivity index (χ0v) is 17.1. The Balaban J connectivity index is 1.26. The van der Waals surface area contributed by atoms with Gasteiger partial charge in [-0.25, -0.2) is 0 Å². The van der Waals surface area contributed by atoms with Crippen LogP contribution in [0.5, 0.6) is 0 Å². The molecule has 1 N–H and O–H groups in total. The molecule has 0 aliphatic heterocycles. The third-order valence-electron chi connectivity index (χ3n) is 4.16. The third-order valence-corrected chi connectivity index (χ3v) is 4.98. The number of benzene rings is 2. The topological polar surface area (TPSA) is 107 Å². The van der Waals surface area contributed by atoms with E-state index in [0.717, 1.165) is 11.3 Å². The van der Waals surface area contributed by atoms with E-state index in [4.69, 9.17) is 8.94 Å². The van der Waals surface area contributed by atoms with Crippen molar-refractivity contribution < 1.29 is 13.7 Å². The van der Waals surface area contributed by atoms with E-state index in [1.165, 1.54) is 17.3 Å². The second-order valence-electron chi connectivity index (χ2n) is 6.55. The van der Waals surface area contributed by atoms with Crippen molar-refractivity contribution in [2.75, 3.05) is 5.32 Å². The molecule has 0 atom stereocenters. The highest BCUT2D eigenvalue weighted by Crippen LogP contribution is 2.25. The molecule has 2 heterocycles. The Morgan fingerprint density at radius 2 is 1.87 bits per heavy atom. The van der Waals surface area contributed by atoms with Gasteiger partial charge in [-0.15, -0.1) is 10.2 Å². The second kappa shape index (κ2) is 9.36. The van der Waals surface area contributed by atoms with Crippen LogP contribution in [0.2, 0.25) is 0 Å². The number of hydrogen-bond donors (Lipinski definition) is 1. The number of carbonyl (C=O) groups is 1. The van der Waals surface area contributed by atoms with Crippen molar-refractivity contribution in [1.29, 1.82) is 0 Å². The number of para-hydroxylation sites is 1. The van der Waals surface area contributed by atoms with Crippen molar-refractivity contribution in [3.8, 4) is 11.5 Å². The van der Waals surface area contributed by atoms with Crippen molar-refractivity contribution in [2.24, 2.45) is 0 Å². The lowest BCUT2D eigenvalue weighted by atomic mass is 10.1. The van der Waals surface area contributed by atoms with Crippen LogP contribution in [0.1, 0.15) is 23.7 Å². The van der Waals surface area contributed by atoms with Crippen LogP contribution < -0.4 is 5.32 Å². The van der Waals surface area contributed by atoms with Gasteiger partial charge < -0.3 is 14.3 Å². The molecule has 2 aromatic heterocycles. The van der Waals surface area contributed by atoms with Crippen molar-refractivity contribution in [2.45, 2.75) is 30.7 Å². The first kappa shape index (κ1) is 19.8. The van der Waals surface area contributed by atoms with Gasteiger partial charge in [0.15, 0.2) is 5.82 Å². The molecular formula is C21H19N5O3S. The minimum absolute atomic E-state index is 0.107. The largest absolute Gasteiger partial charge is 0.411 e. The summed E-state index contributed by atoms with van der Waals surface area (Å²) in [6.45, 7) is 2.02. The molecule has 0 radical (unpaired) electrons. The first-order valence-corrected chi connectivity index (χ1v) is 10.3. The molecule has 8 nitrogen and oxygen atoms in total. The van der Waals surface area contributed by atoms with E-state index < -0.39 is 0 Å². The molecule has 4 rings (SSSR count). The third kappa shape index (κ3) is 5.32. The fourth-order valence-electron chi connectivity index (χ4n) is 2.62. The molecule has 0 aliphatic carbocycles. The van der Waals surface area contributed by atoms with Gasteiger partial charge in [-0.05, 0) is 31.2 Å². The number of nitrogens with one attached hydrogen (secondary N) is 1. The lowest BCUT2D eigenvalue weighted by Gasteiger charge is -2.02. The number of rotatable bonds is 8. The molecule has 0 aliphatic rings. The Hall–Kier alpha value is -3.46. The normalized spacial score (nSPS) is 10.8. The first-order chi connectivity index (χ1) is 14.7. The summed E-state index contributed by atoms with van der Waals surface area (Å²) in [4.78, 5) is 16.3. The van der Waals surface area contributed by atoms with Crippen LogP contribution in [0.25, 0.3) is 11.5 Å². The first-order valence-electron chi connectivity index (χ1n) is 9.35. The second-order valence-corrected chi connectivity index (χ2v) is 7.47. The van der Waals surface area contributed by atoms with E-state index >= 15 is 0 Å². The quantitative estimate of drug-likeness (QED) is 0.420. The lowest BCUT2D eigenvalue weighted by Crippen LogP contribution is -2.12. The van der Waals surface area contributed by atoms with Gasteiger partial charge in [0, 0.05) is 24.1 Å². The summed E-state index contributed by atoms with van der Waals surface area (Å²) in [5, 5.41) is 15.3. The minimum atomic E-state index is -0.107. The maximum atomic E-state index is 12.0. The number of aryl methyl sites for hydroxylation is 2. The predicted molar refractivity (Wildman–Crippen MR) is 112 cm³/mol. The van der Waals surface area contributed by atoms with Crippen LogP contribution in [0.3, 0.4) is 0 Å². The molecule has 0 saturated carbocycles. The van der Waals surface area contributed by atoms with E-state index in [2.05, 4.69) is 25.7 Å². The number of thioether (sulfide) groups is 1. The molecule has 4 aromatic rings. The molecule has 9 heteroatoms. The van der Waals surface area contributed by atoms with Crippen molar-refractivity contribution in [3.05, 3.63) is 71.9 Å². The molecule has 2 aromatic carbocycles. The Morgan fingerprint density at radius 1 is 1.07 bits per heavy atom. The molecular weight excluding hydrogens is 402 g/mol. The Bertz CT molecular complexity index is 1110. The fourth-order valence-corrected chi connectivity index (χ4v) is 3.23. The van der Waals surface area contributed by atoms with Crippen molar-refractivity contribution in [3.63, 3.8) is 0 Å². The van der Waals surface area contributed by atoms with Crippen LogP contribution in [-0.2, 0) is 17.0 Å². The highest BCUT2D eigenvalue weighted by atomic mass is 32.2. The van der Waals surface area contributed by atoms with Crippen molar-refractivity contribution >= 4 is 23.4 Å². The lowest BCUT2D eigenvalue weighted by molar-refractivity contribution is -0.116. The number of carbonyl (C=O) groups excluding carboxylic acids is 1. The van der Waals surface area contributed by atoms with Gasteiger partial charge in [0.2, 0.25) is 17.7 Å². The highest BCUT2D eigenvalue weighted by molar-refractivity contribution is 7.98. The van der Waals surface area contributed by atoms with Gasteiger partial charge in [0.1, 0.15) is 0 Å². The molecule has 152 valence electrons. The van der Waals surface area contributed by atoms with Crippen molar-refractivity contribution in [1.82, 2.24) is 20.3 Å². The summed E-state index contributed by atoms with van der Waals surface area (Å²) in [5.74, 6) is 1.71. The van der Waals surface area contributed by atoms with Crippen LogP contribution in [0.4, 0.5) is 5.69 Å². The van der Waals surface area contributed by atoms with Crippen LogP contribution in [0.15, 0.2) is 68.8 Å². The van der Waals surface area contributed by atoms with E-state index in [1.54, 1.807) is 0 Å². The summed E-state index contributed by atoms with van der Waals surface area (Å²) in [6.07, 6.45) is 0.627. The van der Waals surface area contributed by atoms with E-state index in [9.17, 15) is 4.79 Å². The van der Waals surface area contributed by atoms with Gasteiger partial charge in [0.05, 0.1) is 5.75 Å². The molecule has 30 heavy (non-hydrogen) atoms. The molecule has 0 bridgehead atoms. The van der Waals surface area contributed by atoms with Gasteiger partial charge in [0.25, 0.3) is 5.22 Å². The van der Waals surface area contributed by atoms with E-state index in [-0.39, 0.29) is 12.3 Å². The Kier molecular flexibility index (Phi) is 6.19. The fraction of sp³-hybridized carbons (Fsp3) is 0.190. The maximum absolute atomic E-state index is 12.0. The predicted octanol–water partition coefficient (Wildman–Crippen LogP) is 4.29. The summed E-state index contributed by atoms with van der Waals surface area (Å²) in [5.41, 5.74) is 2.79. The average Bonchev–Trinajstić information content (AvgIpc) is 3.42. The smallest absolute Gasteiger partial charge is 0.277 e. The van der Waals surface area contributed by atoms with Crippen LogP contribution in [0, 0.1) is 6.92 Å². The number of aromatic nitrogens is 4. The zero-order valence-electron chi connectivity index (χ0n) is 16.2. The summed E-state index contributed by atoms with van der Waals surface area (Å²) in [7, 11) is 0. The van der Waals surface area contributed by atoms with Gasteiger partial charge in [-0.1, -0.05) is 52.8 Å². The average molecular weight is 421 g/mol. The van der Waals surface area contributed by atoms with Crippen LogP contribution in [-0.4, -0.2) is 26.2 Å². The number of hydrogen-bond acceptors (Lipinski definition) is 8. The number of anilines is 1. The summed E-state index contributed by atoms with van der Waals surface area (Å²) >= 11 is 1.33. The van der Waals surface area contributed by atoms with E-state index in [0.29, 0.717) is 35.0 Å². The van der Waals surface area contributed by atoms with Gasteiger partial charge >= 0.3 is 0 Å². The standard InChI is InChI=1S/C21H19N5O3S/c1-14-7-9-15(10-8-14)20-24-25-21(28-20)30-13-17-23-19(29-26-17)12-11-18(27)22-16-5-3-2-4-6-16/h2-10H,11-13H2,1H3,(H,22,27). The molecule has 0 saturated heterocycles. The minimum Gasteiger partial charge on any atom is -0.411 e. The maximum Gasteiger partial charge on any atom is 0.277 e. The Labute approximate surface area is 177 Å². The highest BCUT2D eigenvalue weighted by Gasteiger charge is 2.13. The monoisotopic (exact) mass is 421 g/mol.